The van der Waals surface area contributed by atoms with E-state index in [1.165, 1.54) is 0 Å². The Kier molecular flexibility index (Phi) is 4.55. The standard InChI is InChI=1S/C10H20N4O/c1-4-14(3)10-12-9(15-13-10)7-5-6-8(2)11/h8H,4-7,11H2,1-3H3. The van der Waals surface area contributed by atoms with Crippen LogP contribution >= 0.6 is 0 Å². The summed E-state index contributed by atoms with van der Waals surface area (Å²) in [6.45, 7) is 4.93. The second kappa shape index (κ2) is 5.70. The van der Waals surface area contributed by atoms with Gasteiger partial charge in [-0.3, -0.25) is 0 Å². The van der Waals surface area contributed by atoms with Crippen LogP contribution in [0.1, 0.15) is 32.6 Å². The van der Waals surface area contributed by atoms with Crippen LogP contribution in [0.2, 0.25) is 0 Å². The van der Waals surface area contributed by atoms with Crippen molar-refractivity contribution in [3.63, 3.8) is 0 Å². The number of aryl methyl sites for hydroxylation is 1. The van der Waals surface area contributed by atoms with Gasteiger partial charge in [0.2, 0.25) is 5.89 Å². The lowest BCUT2D eigenvalue weighted by atomic mass is 10.1. The maximum absolute atomic E-state index is 5.66. The van der Waals surface area contributed by atoms with Gasteiger partial charge in [-0.2, -0.15) is 4.98 Å². The second-order valence-electron chi connectivity index (χ2n) is 3.87. The van der Waals surface area contributed by atoms with E-state index in [2.05, 4.69) is 10.1 Å². The fourth-order valence-electron chi connectivity index (χ4n) is 1.22. The van der Waals surface area contributed by atoms with Gasteiger partial charge in [0.05, 0.1) is 0 Å². The number of nitrogens with two attached hydrogens (primary N) is 1. The maximum atomic E-state index is 5.66. The Bertz CT molecular complexity index is 285. The van der Waals surface area contributed by atoms with Gasteiger partial charge in [0.25, 0.3) is 5.95 Å². The van der Waals surface area contributed by atoms with Gasteiger partial charge in [-0.1, -0.05) is 0 Å². The zero-order valence-corrected chi connectivity index (χ0v) is 9.73. The fraction of sp³-hybridized carbons (Fsp3) is 0.800. The molecule has 0 saturated carbocycles. The highest BCUT2D eigenvalue weighted by atomic mass is 16.5. The van der Waals surface area contributed by atoms with Crippen LogP contribution in [0.5, 0.6) is 0 Å². The zero-order chi connectivity index (χ0) is 11.3. The van der Waals surface area contributed by atoms with E-state index in [9.17, 15) is 0 Å². The molecule has 0 spiro atoms. The van der Waals surface area contributed by atoms with Crippen LogP contribution in [-0.2, 0) is 6.42 Å². The van der Waals surface area contributed by atoms with Crippen LogP contribution in [0.3, 0.4) is 0 Å². The smallest absolute Gasteiger partial charge is 0.265 e. The molecule has 5 nitrogen and oxygen atoms in total. The van der Waals surface area contributed by atoms with Gasteiger partial charge < -0.3 is 15.2 Å². The molecular formula is C10H20N4O. The third kappa shape index (κ3) is 3.87. The van der Waals surface area contributed by atoms with Gasteiger partial charge in [0.15, 0.2) is 0 Å². The van der Waals surface area contributed by atoms with Crippen molar-refractivity contribution in [2.45, 2.75) is 39.2 Å². The molecule has 2 N–H and O–H groups in total. The molecule has 0 amide bonds. The topological polar surface area (TPSA) is 68.2 Å². The normalized spacial score (nSPS) is 12.8. The summed E-state index contributed by atoms with van der Waals surface area (Å²) in [4.78, 5) is 6.23. The Balaban J connectivity index is 2.39. The molecule has 5 heteroatoms. The minimum atomic E-state index is 0.241. The van der Waals surface area contributed by atoms with Crippen LogP contribution < -0.4 is 10.6 Å². The summed E-state index contributed by atoms with van der Waals surface area (Å²) in [6.07, 6.45) is 2.79. The summed E-state index contributed by atoms with van der Waals surface area (Å²) >= 11 is 0. The Labute approximate surface area is 90.6 Å². The molecule has 0 aliphatic carbocycles. The highest BCUT2D eigenvalue weighted by molar-refractivity contribution is 5.24. The average molecular weight is 212 g/mol. The van der Waals surface area contributed by atoms with Crippen molar-refractivity contribution in [1.82, 2.24) is 10.1 Å². The molecule has 1 aromatic rings. The van der Waals surface area contributed by atoms with Gasteiger partial charge in [0, 0.05) is 26.1 Å². The molecule has 0 bridgehead atoms. The molecule has 1 rings (SSSR count). The maximum Gasteiger partial charge on any atom is 0.265 e. The van der Waals surface area contributed by atoms with E-state index in [1.807, 2.05) is 25.8 Å². The first kappa shape index (κ1) is 12.0. The molecule has 0 fully saturated rings. The molecule has 15 heavy (non-hydrogen) atoms. The molecule has 0 radical (unpaired) electrons. The summed E-state index contributed by atoms with van der Waals surface area (Å²) < 4.78 is 5.13. The average Bonchev–Trinajstić information content (AvgIpc) is 2.65. The Hall–Kier alpha value is -1.10. The molecule has 0 aliphatic heterocycles. The van der Waals surface area contributed by atoms with E-state index in [4.69, 9.17) is 10.3 Å². The van der Waals surface area contributed by atoms with E-state index in [0.29, 0.717) is 11.8 Å². The van der Waals surface area contributed by atoms with E-state index < -0.39 is 0 Å². The lowest BCUT2D eigenvalue weighted by Crippen LogP contribution is -2.17. The molecule has 1 atom stereocenters. The molecule has 0 saturated heterocycles. The van der Waals surface area contributed by atoms with Crippen LogP contribution in [0.15, 0.2) is 4.52 Å². The highest BCUT2D eigenvalue weighted by Gasteiger charge is 2.08. The van der Waals surface area contributed by atoms with Crippen molar-refractivity contribution < 1.29 is 4.52 Å². The van der Waals surface area contributed by atoms with Gasteiger partial charge in [-0.15, -0.1) is 0 Å². The molecule has 0 aliphatic rings. The molecule has 1 unspecified atom stereocenters. The fourth-order valence-corrected chi connectivity index (χ4v) is 1.22. The van der Waals surface area contributed by atoms with E-state index >= 15 is 0 Å². The predicted octanol–water partition coefficient (Wildman–Crippen LogP) is 1.20. The second-order valence-corrected chi connectivity index (χ2v) is 3.87. The molecule has 0 aromatic carbocycles. The van der Waals surface area contributed by atoms with E-state index in [1.54, 1.807) is 0 Å². The van der Waals surface area contributed by atoms with Crippen LogP contribution in [0, 0.1) is 0 Å². The third-order valence-electron chi connectivity index (χ3n) is 2.32. The number of rotatable bonds is 6. The largest absolute Gasteiger partial charge is 0.342 e. The number of hydrogen-bond acceptors (Lipinski definition) is 5. The van der Waals surface area contributed by atoms with E-state index in [0.717, 1.165) is 25.8 Å². The summed E-state index contributed by atoms with van der Waals surface area (Å²) in [6, 6.07) is 0.241. The summed E-state index contributed by atoms with van der Waals surface area (Å²) in [5.41, 5.74) is 5.66. The van der Waals surface area contributed by atoms with Crippen LogP contribution in [0.25, 0.3) is 0 Å². The number of hydrogen-bond donors (Lipinski definition) is 1. The number of anilines is 1. The van der Waals surface area contributed by atoms with Gasteiger partial charge >= 0.3 is 0 Å². The van der Waals surface area contributed by atoms with Crippen molar-refractivity contribution in [2.24, 2.45) is 5.73 Å². The minimum Gasteiger partial charge on any atom is -0.342 e. The lowest BCUT2D eigenvalue weighted by Gasteiger charge is -2.08. The first-order chi connectivity index (χ1) is 7.13. The molecule has 1 aromatic heterocycles. The lowest BCUT2D eigenvalue weighted by molar-refractivity contribution is 0.372. The summed E-state index contributed by atoms with van der Waals surface area (Å²) in [5.74, 6) is 1.36. The Morgan fingerprint density at radius 2 is 2.27 bits per heavy atom. The first-order valence-corrected chi connectivity index (χ1v) is 5.42. The minimum absolute atomic E-state index is 0.241. The first-order valence-electron chi connectivity index (χ1n) is 5.42. The summed E-state index contributed by atoms with van der Waals surface area (Å²) in [7, 11) is 1.94. The summed E-state index contributed by atoms with van der Waals surface area (Å²) in [5, 5.41) is 3.89. The Morgan fingerprint density at radius 1 is 1.53 bits per heavy atom. The monoisotopic (exact) mass is 212 g/mol. The quantitative estimate of drug-likeness (QED) is 0.767. The van der Waals surface area contributed by atoms with Gasteiger partial charge in [-0.05, 0) is 31.8 Å². The molecule has 1 heterocycles. The van der Waals surface area contributed by atoms with Gasteiger partial charge in [0.1, 0.15) is 0 Å². The number of nitrogens with zero attached hydrogens (tertiary/aromatic N) is 3. The third-order valence-corrected chi connectivity index (χ3v) is 2.32. The van der Waals surface area contributed by atoms with Crippen LogP contribution in [0.4, 0.5) is 5.95 Å². The molecule has 86 valence electrons. The van der Waals surface area contributed by atoms with Crippen molar-refractivity contribution in [2.75, 3.05) is 18.5 Å². The highest BCUT2D eigenvalue weighted by Crippen LogP contribution is 2.09. The Morgan fingerprint density at radius 3 is 2.87 bits per heavy atom. The van der Waals surface area contributed by atoms with Crippen molar-refractivity contribution in [3.05, 3.63) is 5.89 Å². The van der Waals surface area contributed by atoms with Crippen LogP contribution in [-0.4, -0.2) is 29.8 Å². The van der Waals surface area contributed by atoms with Crippen molar-refractivity contribution >= 4 is 5.95 Å². The van der Waals surface area contributed by atoms with Crippen molar-refractivity contribution in [1.29, 1.82) is 0 Å². The van der Waals surface area contributed by atoms with E-state index in [-0.39, 0.29) is 6.04 Å². The molecular weight excluding hydrogens is 192 g/mol. The van der Waals surface area contributed by atoms with Crippen molar-refractivity contribution in [3.8, 4) is 0 Å². The number of aromatic nitrogens is 2. The SMILES string of the molecule is CCN(C)c1noc(CCCC(C)N)n1. The zero-order valence-electron chi connectivity index (χ0n) is 9.73. The predicted molar refractivity (Wildman–Crippen MR) is 59.8 cm³/mol. The van der Waals surface area contributed by atoms with Gasteiger partial charge in [-0.25, -0.2) is 0 Å².